The van der Waals surface area contributed by atoms with E-state index in [4.69, 9.17) is 26.2 Å². The lowest BCUT2D eigenvalue weighted by molar-refractivity contribution is -0.139. The molecule has 0 bridgehead atoms. The summed E-state index contributed by atoms with van der Waals surface area (Å²) >= 11 is 0. The minimum atomic E-state index is -2.30. The first kappa shape index (κ1) is 38.5. The summed E-state index contributed by atoms with van der Waals surface area (Å²) in [6.45, 7) is 0.0814. The average Bonchev–Trinajstić information content (AvgIpc) is 3.27. The molecule has 250 valence electrons. The Morgan fingerprint density at radius 2 is 1.51 bits per heavy atom. The van der Waals surface area contributed by atoms with Crippen molar-refractivity contribution >= 4 is 62.9 Å². The van der Waals surface area contributed by atoms with Crippen molar-refractivity contribution in [3.05, 3.63) is 35.9 Å². The second-order valence-electron chi connectivity index (χ2n) is 10.9. The molecule has 1 fully saturated rings. The van der Waals surface area contributed by atoms with Crippen LogP contribution in [0.1, 0.15) is 44.6 Å². The zero-order chi connectivity index (χ0) is 35.0. The number of benzene rings is 1. The number of imide groups is 1. The maximum Gasteiger partial charge on any atom is 0.243 e. The normalized spacial score (nSPS) is 15.0. The van der Waals surface area contributed by atoms with Crippen LogP contribution < -0.4 is 32.3 Å². The maximum absolute atomic E-state index is 12.9. The molecule has 1 aliphatic rings. The number of amides is 8. The number of nitrogens with two attached hydrogens (primary N) is 1. The van der Waals surface area contributed by atoms with E-state index >= 15 is 0 Å². The molecule has 7 N–H and O–H groups in total. The van der Waals surface area contributed by atoms with Crippen molar-refractivity contribution < 1.29 is 43.1 Å². The number of nitrogens with one attached hydrogen (secondary N) is 5. The lowest BCUT2D eigenvalue weighted by atomic mass is 9.64. The highest BCUT2D eigenvalue weighted by Gasteiger charge is 2.34. The Balaban J connectivity index is 1.72. The molecular weight excluding hydrogens is 612 g/mol. The Bertz CT molecular complexity index is 1310. The Morgan fingerprint density at radius 3 is 2.15 bits per heavy atom. The van der Waals surface area contributed by atoms with Gasteiger partial charge in [-0.25, -0.2) is 0 Å². The molecular formula is C29H39B2N7O9. The van der Waals surface area contributed by atoms with E-state index in [2.05, 4.69) is 26.6 Å². The van der Waals surface area contributed by atoms with Crippen LogP contribution in [0.4, 0.5) is 0 Å². The van der Waals surface area contributed by atoms with E-state index in [0.717, 1.165) is 0 Å². The molecule has 16 nitrogen and oxygen atoms in total. The van der Waals surface area contributed by atoms with Gasteiger partial charge in [-0.2, -0.15) is 0 Å². The predicted octanol–water partition coefficient (Wildman–Crippen LogP) is -3.42. The fourth-order valence-corrected chi connectivity index (χ4v) is 4.29. The number of rotatable bonds is 20. The molecule has 18 heteroatoms. The third-order valence-electron chi connectivity index (χ3n) is 6.97. The maximum atomic E-state index is 12.9. The molecule has 0 aromatic heterocycles. The van der Waals surface area contributed by atoms with Crippen molar-refractivity contribution in [1.29, 1.82) is 0 Å². The summed E-state index contributed by atoms with van der Waals surface area (Å²) in [6.07, 6.45) is 2.11. The highest BCUT2D eigenvalue weighted by atomic mass is 16.5. The number of nitrogens with zero attached hydrogens (tertiary/aromatic N) is 1. The molecule has 0 spiro atoms. The number of ether oxygens (including phenoxy) is 1. The van der Waals surface area contributed by atoms with Gasteiger partial charge in [-0.05, 0) is 18.4 Å². The SMILES string of the molecule is [B]C([B])(OCNC(=O)CNC(=O)C(Cc1ccccc1)NC(=O)CNC(=O)CNC(=O)CCCCCN1C(=O)CC(C)C1=O)C(N)=O. The van der Waals surface area contributed by atoms with Gasteiger partial charge < -0.3 is 37.1 Å². The summed E-state index contributed by atoms with van der Waals surface area (Å²) in [5, 5.41) is 9.64. The van der Waals surface area contributed by atoms with E-state index in [-0.39, 0.29) is 49.4 Å². The van der Waals surface area contributed by atoms with Gasteiger partial charge in [0.2, 0.25) is 47.3 Å². The quantitative estimate of drug-likeness (QED) is 0.0356. The van der Waals surface area contributed by atoms with Gasteiger partial charge in [0.15, 0.2) is 0 Å². The van der Waals surface area contributed by atoms with Crippen LogP contribution in [0.5, 0.6) is 0 Å². The molecule has 47 heavy (non-hydrogen) atoms. The van der Waals surface area contributed by atoms with E-state index in [1.807, 2.05) is 0 Å². The highest BCUT2D eigenvalue weighted by molar-refractivity contribution is 6.49. The Kier molecular flexibility index (Phi) is 15.6. The monoisotopic (exact) mass is 651 g/mol. The lowest BCUT2D eigenvalue weighted by Gasteiger charge is -2.22. The number of unbranched alkanes of at least 4 members (excludes halogenated alkanes) is 2. The topological polar surface area (TPSA) is 235 Å². The smallest absolute Gasteiger partial charge is 0.243 e. The van der Waals surface area contributed by atoms with E-state index in [1.165, 1.54) is 4.90 Å². The molecule has 1 aliphatic heterocycles. The highest BCUT2D eigenvalue weighted by Crippen LogP contribution is 2.19. The minimum Gasteiger partial charge on any atom is -0.369 e. The van der Waals surface area contributed by atoms with Crippen LogP contribution in [0.3, 0.4) is 0 Å². The number of likely N-dealkylation sites (tertiary alicyclic amines) is 1. The van der Waals surface area contributed by atoms with E-state index in [0.29, 0.717) is 31.4 Å². The molecule has 1 aromatic rings. The molecule has 0 saturated carbocycles. The Morgan fingerprint density at radius 1 is 0.894 bits per heavy atom. The first-order chi connectivity index (χ1) is 22.2. The average molecular weight is 651 g/mol. The number of primary amides is 1. The summed E-state index contributed by atoms with van der Waals surface area (Å²) in [7, 11) is 10.6. The van der Waals surface area contributed by atoms with E-state index in [9.17, 15) is 38.4 Å². The van der Waals surface area contributed by atoms with Gasteiger partial charge in [-0.15, -0.1) is 0 Å². The van der Waals surface area contributed by atoms with Crippen molar-refractivity contribution in [1.82, 2.24) is 31.5 Å². The van der Waals surface area contributed by atoms with Crippen molar-refractivity contribution in [2.24, 2.45) is 11.7 Å². The molecule has 2 unspecified atom stereocenters. The third kappa shape index (κ3) is 14.1. The summed E-state index contributed by atoms with van der Waals surface area (Å²) in [5.74, 6) is -4.94. The van der Waals surface area contributed by atoms with Gasteiger partial charge in [0.1, 0.15) is 28.5 Å². The Hall–Kier alpha value is -4.73. The van der Waals surface area contributed by atoms with Gasteiger partial charge >= 0.3 is 0 Å². The van der Waals surface area contributed by atoms with Crippen LogP contribution in [0.25, 0.3) is 0 Å². The summed E-state index contributed by atoms with van der Waals surface area (Å²) in [4.78, 5) is 97.8. The fraction of sp³-hybridized carbons (Fsp3) is 0.517. The van der Waals surface area contributed by atoms with Crippen LogP contribution >= 0.6 is 0 Å². The number of hydrogen-bond acceptors (Lipinski definition) is 9. The second kappa shape index (κ2) is 19.1. The molecule has 2 atom stereocenters. The molecule has 0 aliphatic carbocycles. The van der Waals surface area contributed by atoms with Gasteiger partial charge in [-0.1, -0.05) is 43.7 Å². The van der Waals surface area contributed by atoms with Gasteiger partial charge in [-0.3, -0.25) is 43.3 Å². The van der Waals surface area contributed by atoms with Crippen molar-refractivity contribution in [3.8, 4) is 0 Å². The zero-order valence-electron chi connectivity index (χ0n) is 26.2. The molecule has 4 radical (unpaired) electrons. The summed E-state index contributed by atoms with van der Waals surface area (Å²) in [6, 6.07) is 7.62. The van der Waals surface area contributed by atoms with Crippen LogP contribution in [-0.2, 0) is 49.5 Å². The molecule has 1 heterocycles. The third-order valence-corrected chi connectivity index (χ3v) is 6.97. The summed E-state index contributed by atoms with van der Waals surface area (Å²) in [5.41, 5.74) is 5.67. The first-order valence-corrected chi connectivity index (χ1v) is 15.0. The van der Waals surface area contributed by atoms with Gasteiger partial charge in [0, 0.05) is 31.7 Å². The standard InChI is InChI=1S/C29H39B2N7O9/c1-18-12-25(43)38(27(18)45)11-7-3-6-10-21(39)33-14-22(40)34-16-24(42)37-20(13-19-8-4-2-5-9-19)26(44)35-15-23(41)36-17-47-29(30,31)28(32)46/h2,4-5,8-9,18,20H,3,6-7,10-17H2,1H3,(H2,32,46)(H,33,39)(H,34,40)(H,35,44)(H,36,41)(H,37,42). The fourth-order valence-electron chi connectivity index (χ4n) is 4.29. The van der Waals surface area contributed by atoms with Gasteiger partial charge in [0.05, 0.1) is 25.0 Å². The van der Waals surface area contributed by atoms with Gasteiger partial charge in [0.25, 0.3) is 0 Å². The Labute approximate surface area is 274 Å². The molecule has 8 amide bonds. The van der Waals surface area contributed by atoms with Crippen molar-refractivity contribution in [2.45, 2.75) is 56.9 Å². The van der Waals surface area contributed by atoms with E-state index in [1.54, 1.807) is 37.3 Å². The minimum absolute atomic E-state index is 0.0679. The first-order valence-electron chi connectivity index (χ1n) is 15.0. The van der Waals surface area contributed by atoms with Crippen LogP contribution in [0.2, 0.25) is 0 Å². The summed E-state index contributed by atoms with van der Waals surface area (Å²) < 4.78 is 4.78. The van der Waals surface area contributed by atoms with Crippen LogP contribution in [0, 0.1) is 5.92 Å². The zero-order valence-corrected chi connectivity index (χ0v) is 26.2. The van der Waals surface area contributed by atoms with E-state index < -0.39 is 60.8 Å². The molecule has 1 saturated heterocycles. The number of carbonyl (C=O) groups excluding carboxylic acids is 8. The predicted molar refractivity (Wildman–Crippen MR) is 168 cm³/mol. The lowest BCUT2D eigenvalue weighted by Crippen LogP contribution is -2.53. The second-order valence-corrected chi connectivity index (χ2v) is 10.9. The largest absolute Gasteiger partial charge is 0.369 e. The van der Waals surface area contributed by atoms with Crippen molar-refractivity contribution in [2.75, 3.05) is 32.9 Å². The molecule has 1 aromatic carbocycles. The van der Waals surface area contributed by atoms with Crippen LogP contribution in [0.15, 0.2) is 30.3 Å². The number of carbonyl (C=O) groups is 8. The van der Waals surface area contributed by atoms with Crippen molar-refractivity contribution in [3.63, 3.8) is 0 Å². The molecule has 2 rings (SSSR count). The van der Waals surface area contributed by atoms with Crippen LogP contribution in [-0.4, -0.2) is 112 Å². The number of hydrogen-bond donors (Lipinski definition) is 6.